The second kappa shape index (κ2) is 8.93. The number of halogens is 1. The highest BCUT2D eigenvalue weighted by molar-refractivity contribution is 5.91. The van der Waals surface area contributed by atoms with E-state index < -0.39 is 6.10 Å². The molecule has 0 spiro atoms. The maximum absolute atomic E-state index is 10.2. The molecule has 1 heterocycles. The van der Waals surface area contributed by atoms with Crippen LogP contribution in [0.5, 0.6) is 5.75 Å². The molecule has 1 aliphatic carbocycles. The number of ether oxygens (including phenoxy) is 1. The van der Waals surface area contributed by atoms with Crippen LogP contribution >= 0.6 is 12.4 Å². The van der Waals surface area contributed by atoms with Crippen molar-refractivity contribution in [3.8, 4) is 5.75 Å². The average Bonchev–Trinajstić information content (AvgIpc) is 2.84. The molecule has 2 N–H and O–H groups in total. The van der Waals surface area contributed by atoms with Crippen molar-refractivity contribution in [2.75, 3.05) is 13.2 Å². The van der Waals surface area contributed by atoms with Crippen molar-refractivity contribution in [1.82, 2.24) is 9.88 Å². The SMILES string of the molecule is Cc1c(C)n(C)c2cccc(OCC(O)CNC3CCCCC3)c12.Cl. The number of rotatable bonds is 6. The number of benzene rings is 1. The summed E-state index contributed by atoms with van der Waals surface area (Å²) in [5, 5.41) is 14.9. The van der Waals surface area contributed by atoms with E-state index in [1.165, 1.54) is 48.9 Å². The standard InChI is InChI=1S/C20H30N2O2.ClH/c1-14-15(2)22(3)18-10-7-11-19(20(14)18)24-13-17(23)12-21-16-8-5-4-6-9-16;/h7,10-11,16-17,21,23H,4-6,8-9,12-13H2,1-3H3;1H. The lowest BCUT2D eigenvalue weighted by Crippen LogP contribution is -2.38. The molecule has 1 unspecified atom stereocenters. The first-order valence-electron chi connectivity index (χ1n) is 9.16. The van der Waals surface area contributed by atoms with Gasteiger partial charge in [0.2, 0.25) is 0 Å². The minimum atomic E-state index is -0.479. The fourth-order valence-corrected chi connectivity index (χ4v) is 3.76. The van der Waals surface area contributed by atoms with Gasteiger partial charge in [-0.05, 0) is 44.4 Å². The number of nitrogens with one attached hydrogen (secondary N) is 1. The Hall–Kier alpha value is -1.23. The van der Waals surface area contributed by atoms with E-state index in [0.717, 1.165) is 11.1 Å². The number of nitrogens with zero attached hydrogens (tertiary/aromatic N) is 1. The molecule has 1 saturated carbocycles. The van der Waals surface area contributed by atoms with Crippen LogP contribution in [0.4, 0.5) is 0 Å². The summed E-state index contributed by atoms with van der Waals surface area (Å²) in [6.45, 7) is 5.19. The fraction of sp³-hybridized carbons (Fsp3) is 0.600. The molecule has 0 bridgehead atoms. The van der Waals surface area contributed by atoms with E-state index in [9.17, 15) is 5.11 Å². The number of aliphatic hydroxyl groups excluding tert-OH is 1. The van der Waals surface area contributed by atoms with Gasteiger partial charge in [0.15, 0.2) is 0 Å². The maximum atomic E-state index is 10.2. The highest BCUT2D eigenvalue weighted by Crippen LogP contribution is 2.32. The van der Waals surface area contributed by atoms with Gasteiger partial charge in [-0.2, -0.15) is 0 Å². The topological polar surface area (TPSA) is 46.4 Å². The highest BCUT2D eigenvalue weighted by atomic mass is 35.5. The first-order chi connectivity index (χ1) is 11.6. The second-order valence-corrected chi connectivity index (χ2v) is 7.13. The molecule has 0 saturated heterocycles. The van der Waals surface area contributed by atoms with Crippen LogP contribution < -0.4 is 10.1 Å². The number of hydrogen-bond donors (Lipinski definition) is 2. The van der Waals surface area contributed by atoms with Crippen molar-refractivity contribution in [1.29, 1.82) is 0 Å². The summed E-state index contributed by atoms with van der Waals surface area (Å²) in [7, 11) is 2.08. The van der Waals surface area contributed by atoms with E-state index in [1.54, 1.807) is 0 Å². The van der Waals surface area contributed by atoms with Crippen LogP contribution in [-0.2, 0) is 7.05 Å². The van der Waals surface area contributed by atoms with E-state index in [4.69, 9.17) is 4.74 Å². The van der Waals surface area contributed by atoms with E-state index in [1.807, 2.05) is 12.1 Å². The quantitative estimate of drug-likeness (QED) is 0.815. The van der Waals surface area contributed by atoms with Crippen molar-refractivity contribution < 1.29 is 9.84 Å². The monoisotopic (exact) mass is 366 g/mol. The normalized spacial score (nSPS) is 16.6. The third-order valence-electron chi connectivity index (χ3n) is 5.46. The van der Waals surface area contributed by atoms with Crippen molar-refractivity contribution in [3.05, 3.63) is 29.5 Å². The molecule has 0 amide bonds. The van der Waals surface area contributed by atoms with Gasteiger partial charge >= 0.3 is 0 Å². The molecule has 3 rings (SSSR count). The molecule has 4 nitrogen and oxygen atoms in total. The van der Waals surface area contributed by atoms with Crippen molar-refractivity contribution in [3.63, 3.8) is 0 Å². The maximum Gasteiger partial charge on any atom is 0.129 e. The Bertz CT molecular complexity index is 693. The molecule has 1 aromatic heterocycles. The van der Waals surface area contributed by atoms with Crippen LogP contribution in [0, 0.1) is 13.8 Å². The fourth-order valence-electron chi connectivity index (χ4n) is 3.76. The second-order valence-electron chi connectivity index (χ2n) is 7.13. The number of fused-ring (bicyclic) bond motifs is 1. The van der Waals surface area contributed by atoms with Crippen molar-refractivity contribution in [2.24, 2.45) is 7.05 Å². The summed E-state index contributed by atoms with van der Waals surface area (Å²) in [6, 6.07) is 6.69. The van der Waals surface area contributed by atoms with Gasteiger partial charge in [-0.1, -0.05) is 25.3 Å². The number of aryl methyl sites for hydroxylation is 2. The van der Waals surface area contributed by atoms with Crippen LogP contribution in [0.15, 0.2) is 18.2 Å². The first-order valence-corrected chi connectivity index (χ1v) is 9.16. The summed E-state index contributed by atoms with van der Waals surface area (Å²) >= 11 is 0. The van der Waals surface area contributed by atoms with Gasteiger partial charge in [-0.15, -0.1) is 12.4 Å². The molecule has 0 radical (unpaired) electrons. The lowest BCUT2D eigenvalue weighted by atomic mass is 9.95. The third kappa shape index (κ3) is 4.49. The Morgan fingerprint density at radius 3 is 2.68 bits per heavy atom. The molecule has 2 aromatic rings. The van der Waals surface area contributed by atoms with Crippen LogP contribution in [0.2, 0.25) is 0 Å². The minimum absolute atomic E-state index is 0. The van der Waals surface area contributed by atoms with Gasteiger partial charge in [0, 0.05) is 30.7 Å². The molecule has 1 aromatic carbocycles. The molecule has 25 heavy (non-hydrogen) atoms. The van der Waals surface area contributed by atoms with Gasteiger partial charge in [0.05, 0.1) is 5.52 Å². The number of hydrogen-bond acceptors (Lipinski definition) is 3. The van der Waals surface area contributed by atoms with Gasteiger partial charge in [0.25, 0.3) is 0 Å². The largest absolute Gasteiger partial charge is 0.490 e. The lowest BCUT2D eigenvalue weighted by Gasteiger charge is -2.24. The Kier molecular flexibility index (Phi) is 7.17. The average molecular weight is 367 g/mol. The van der Waals surface area contributed by atoms with Gasteiger partial charge < -0.3 is 19.7 Å². The van der Waals surface area contributed by atoms with E-state index in [2.05, 4.69) is 36.8 Å². The minimum Gasteiger partial charge on any atom is -0.490 e. The Morgan fingerprint density at radius 2 is 1.96 bits per heavy atom. The highest BCUT2D eigenvalue weighted by Gasteiger charge is 2.16. The molecule has 5 heteroatoms. The Balaban J connectivity index is 0.00000225. The summed E-state index contributed by atoms with van der Waals surface area (Å²) in [6.07, 6.45) is 5.94. The first kappa shape index (κ1) is 20.1. The summed E-state index contributed by atoms with van der Waals surface area (Å²) in [5.74, 6) is 0.866. The third-order valence-corrected chi connectivity index (χ3v) is 5.46. The Morgan fingerprint density at radius 1 is 1.24 bits per heavy atom. The van der Waals surface area contributed by atoms with E-state index in [0.29, 0.717) is 19.2 Å². The summed E-state index contributed by atoms with van der Waals surface area (Å²) in [4.78, 5) is 0. The van der Waals surface area contributed by atoms with Crippen LogP contribution in [0.25, 0.3) is 10.9 Å². The summed E-state index contributed by atoms with van der Waals surface area (Å²) < 4.78 is 8.16. The smallest absolute Gasteiger partial charge is 0.129 e. The van der Waals surface area contributed by atoms with E-state index >= 15 is 0 Å². The molecule has 1 atom stereocenters. The number of aliphatic hydroxyl groups is 1. The zero-order valence-corrected chi connectivity index (χ0v) is 16.4. The lowest BCUT2D eigenvalue weighted by molar-refractivity contribution is 0.102. The molecule has 1 fully saturated rings. The van der Waals surface area contributed by atoms with Crippen molar-refractivity contribution >= 4 is 23.3 Å². The molecule has 140 valence electrons. The van der Waals surface area contributed by atoms with Gasteiger partial charge in [-0.25, -0.2) is 0 Å². The van der Waals surface area contributed by atoms with Crippen LogP contribution in [0.1, 0.15) is 43.4 Å². The van der Waals surface area contributed by atoms with Gasteiger partial charge in [-0.3, -0.25) is 0 Å². The zero-order chi connectivity index (χ0) is 17.1. The van der Waals surface area contributed by atoms with E-state index in [-0.39, 0.29) is 12.4 Å². The van der Waals surface area contributed by atoms with Crippen LogP contribution in [-0.4, -0.2) is 35.0 Å². The molecular formula is C20H31ClN2O2. The predicted octanol–water partition coefficient (Wildman–Crippen LogP) is 3.88. The number of aromatic nitrogens is 1. The molecule has 1 aliphatic rings. The molecular weight excluding hydrogens is 336 g/mol. The predicted molar refractivity (Wildman–Crippen MR) is 106 cm³/mol. The molecule has 0 aliphatic heterocycles. The van der Waals surface area contributed by atoms with Crippen LogP contribution in [0.3, 0.4) is 0 Å². The Labute approximate surface area is 157 Å². The zero-order valence-electron chi connectivity index (χ0n) is 15.5. The summed E-state index contributed by atoms with van der Waals surface area (Å²) in [5.41, 5.74) is 3.68. The van der Waals surface area contributed by atoms with Gasteiger partial charge in [0.1, 0.15) is 18.5 Å². The van der Waals surface area contributed by atoms with Crippen molar-refractivity contribution in [2.45, 2.75) is 58.1 Å².